The zero-order valence-electron chi connectivity index (χ0n) is 14.2. The van der Waals surface area contributed by atoms with Gasteiger partial charge in [-0.25, -0.2) is 4.79 Å². The van der Waals surface area contributed by atoms with Crippen molar-refractivity contribution in [3.8, 4) is 0 Å². The van der Waals surface area contributed by atoms with Crippen molar-refractivity contribution in [2.45, 2.75) is 6.92 Å². The van der Waals surface area contributed by atoms with Crippen molar-refractivity contribution in [2.75, 3.05) is 4.90 Å². The summed E-state index contributed by atoms with van der Waals surface area (Å²) in [6.45, 7) is 4.60. The number of carbonyl (C=O) groups is 1. The van der Waals surface area contributed by atoms with Gasteiger partial charge in [-0.1, -0.05) is 61.2 Å². The van der Waals surface area contributed by atoms with Crippen molar-refractivity contribution >= 4 is 23.0 Å². The number of aliphatic carboxylic acids is 1. The summed E-state index contributed by atoms with van der Waals surface area (Å²) >= 11 is 0. The van der Waals surface area contributed by atoms with Gasteiger partial charge in [0, 0.05) is 22.6 Å². The number of hydrogen-bond acceptors (Lipinski definition) is 2. The maximum atomic E-state index is 9.60. The molecule has 0 aliphatic heterocycles. The SMILES string of the molecule is C=C(C)C(=O)O.c1ccc(N(c2ccccc2)c2ccccc2)cc1. The molecule has 0 radical (unpaired) electrons. The van der Waals surface area contributed by atoms with Crippen LogP contribution in [0.5, 0.6) is 0 Å². The lowest BCUT2D eigenvalue weighted by Crippen LogP contribution is -2.09. The predicted molar refractivity (Wildman–Crippen MR) is 104 cm³/mol. The van der Waals surface area contributed by atoms with Crippen LogP contribution < -0.4 is 4.90 Å². The lowest BCUT2D eigenvalue weighted by Gasteiger charge is -2.25. The molecule has 0 heterocycles. The van der Waals surface area contributed by atoms with E-state index >= 15 is 0 Å². The molecule has 3 aromatic rings. The first-order chi connectivity index (χ1) is 12.1. The number of hydrogen-bond donors (Lipinski definition) is 1. The molecule has 3 aromatic carbocycles. The van der Waals surface area contributed by atoms with Gasteiger partial charge in [-0.3, -0.25) is 0 Å². The molecule has 0 bridgehead atoms. The number of nitrogens with zero attached hydrogens (tertiary/aromatic N) is 1. The highest BCUT2D eigenvalue weighted by atomic mass is 16.4. The van der Waals surface area contributed by atoms with Crippen molar-refractivity contribution in [1.29, 1.82) is 0 Å². The quantitative estimate of drug-likeness (QED) is 0.614. The normalized spacial score (nSPS) is 9.48. The molecule has 0 spiro atoms. The Balaban J connectivity index is 0.000000326. The van der Waals surface area contributed by atoms with Crippen molar-refractivity contribution < 1.29 is 9.90 Å². The molecule has 3 heteroatoms. The Morgan fingerprint density at radius 1 is 0.720 bits per heavy atom. The molecule has 0 aromatic heterocycles. The maximum Gasteiger partial charge on any atom is 0.330 e. The topological polar surface area (TPSA) is 40.5 Å². The largest absolute Gasteiger partial charge is 0.478 e. The Labute approximate surface area is 148 Å². The van der Waals surface area contributed by atoms with Gasteiger partial charge in [0.25, 0.3) is 0 Å². The molecule has 0 unspecified atom stereocenters. The fourth-order valence-corrected chi connectivity index (χ4v) is 2.18. The van der Waals surface area contributed by atoms with E-state index in [1.807, 2.05) is 18.2 Å². The Kier molecular flexibility index (Phi) is 6.55. The molecular weight excluding hydrogens is 310 g/mol. The molecule has 0 aliphatic rings. The van der Waals surface area contributed by atoms with Crippen LogP contribution in [0.15, 0.2) is 103 Å². The van der Waals surface area contributed by atoms with E-state index in [1.165, 1.54) is 24.0 Å². The van der Waals surface area contributed by atoms with Gasteiger partial charge in [-0.15, -0.1) is 0 Å². The molecular formula is C22H21NO2. The minimum Gasteiger partial charge on any atom is -0.478 e. The molecule has 0 saturated heterocycles. The Morgan fingerprint density at radius 3 is 1.16 bits per heavy atom. The second kappa shape index (κ2) is 9.08. The third kappa shape index (κ3) is 5.36. The summed E-state index contributed by atoms with van der Waals surface area (Å²) in [6, 6.07) is 31.3. The highest BCUT2D eigenvalue weighted by molar-refractivity contribution is 5.84. The Bertz CT molecular complexity index is 693. The van der Waals surface area contributed by atoms with Crippen molar-refractivity contribution in [2.24, 2.45) is 0 Å². The van der Waals surface area contributed by atoms with Crippen LogP contribution in [0, 0.1) is 0 Å². The molecule has 0 fully saturated rings. The fraction of sp³-hybridized carbons (Fsp3) is 0.0455. The van der Waals surface area contributed by atoms with E-state index in [1.54, 1.807) is 0 Å². The highest BCUT2D eigenvalue weighted by Crippen LogP contribution is 2.33. The summed E-state index contributed by atoms with van der Waals surface area (Å²) in [6.07, 6.45) is 0. The van der Waals surface area contributed by atoms with Crippen molar-refractivity contribution in [3.63, 3.8) is 0 Å². The lowest BCUT2D eigenvalue weighted by molar-refractivity contribution is -0.132. The second-order valence-electron chi connectivity index (χ2n) is 5.43. The van der Waals surface area contributed by atoms with E-state index in [4.69, 9.17) is 5.11 Å². The molecule has 126 valence electrons. The van der Waals surface area contributed by atoms with Gasteiger partial charge in [0.2, 0.25) is 0 Å². The van der Waals surface area contributed by atoms with E-state index in [0.29, 0.717) is 0 Å². The number of carboxylic acid groups (broad SMARTS) is 1. The third-order valence-corrected chi connectivity index (χ3v) is 3.41. The van der Waals surface area contributed by atoms with Gasteiger partial charge in [0.1, 0.15) is 0 Å². The zero-order valence-corrected chi connectivity index (χ0v) is 14.2. The first-order valence-corrected chi connectivity index (χ1v) is 7.93. The van der Waals surface area contributed by atoms with Crippen LogP contribution in [0.2, 0.25) is 0 Å². The monoisotopic (exact) mass is 331 g/mol. The summed E-state index contributed by atoms with van der Waals surface area (Å²) in [7, 11) is 0. The summed E-state index contributed by atoms with van der Waals surface area (Å²) in [5.74, 6) is -0.935. The standard InChI is InChI=1S/C18H15N.C4H6O2/c1-4-10-16(11-5-1)19(17-12-6-2-7-13-17)18-14-8-3-9-15-18;1-3(2)4(5)6/h1-15H;1H2,2H3,(H,5,6). The minimum atomic E-state index is -0.935. The summed E-state index contributed by atoms with van der Waals surface area (Å²) in [5, 5.41) is 7.89. The first kappa shape index (κ1) is 18.0. The van der Waals surface area contributed by atoms with Gasteiger partial charge < -0.3 is 10.0 Å². The molecule has 1 N–H and O–H groups in total. The highest BCUT2D eigenvalue weighted by Gasteiger charge is 2.10. The van der Waals surface area contributed by atoms with Crippen LogP contribution in [-0.4, -0.2) is 11.1 Å². The van der Waals surface area contributed by atoms with Crippen molar-refractivity contribution in [3.05, 3.63) is 103 Å². The molecule has 0 saturated carbocycles. The molecule has 25 heavy (non-hydrogen) atoms. The number of para-hydroxylation sites is 3. The smallest absolute Gasteiger partial charge is 0.330 e. The fourth-order valence-electron chi connectivity index (χ4n) is 2.18. The Hall–Kier alpha value is -3.33. The molecule has 0 aliphatic carbocycles. The third-order valence-electron chi connectivity index (χ3n) is 3.41. The first-order valence-electron chi connectivity index (χ1n) is 7.93. The maximum absolute atomic E-state index is 9.60. The van der Waals surface area contributed by atoms with E-state index in [2.05, 4.69) is 84.3 Å². The van der Waals surface area contributed by atoms with Gasteiger partial charge in [-0.2, -0.15) is 0 Å². The second-order valence-corrected chi connectivity index (χ2v) is 5.43. The number of carboxylic acids is 1. The number of benzene rings is 3. The summed E-state index contributed by atoms with van der Waals surface area (Å²) < 4.78 is 0. The zero-order chi connectivity index (χ0) is 18.1. The lowest BCUT2D eigenvalue weighted by atomic mass is 10.2. The molecule has 0 amide bonds. The van der Waals surface area contributed by atoms with Gasteiger partial charge in [-0.05, 0) is 43.3 Å². The molecule has 3 nitrogen and oxygen atoms in total. The van der Waals surface area contributed by atoms with Crippen molar-refractivity contribution in [1.82, 2.24) is 0 Å². The van der Waals surface area contributed by atoms with Gasteiger partial charge >= 0.3 is 5.97 Å². The molecule has 0 atom stereocenters. The van der Waals surface area contributed by atoms with E-state index in [9.17, 15) is 4.79 Å². The predicted octanol–water partition coefficient (Wildman–Crippen LogP) is 5.80. The van der Waals surface area contributed by atoms with Crippen LogP contribution in [0.4, 0.5) is 17.1 Å². The Morgan fingerprint density at radius 2 is 0.960 bits per heavy atom. The van der Waals surface area contributed by atoms with Crippen LogP contribution in [0.25, 0.3) is 0 Å². The van der Waals surface area contributed by atoms with Gasteiger partial charge in [0.15, 0.2) is 0 Å². The van der Waals surface area contributed by atoms with E-state index in [-0.39, 0.29) is 5.57 Å². The number of rotatable bonds is 4. The van der Waals surface area contributed by atoms with Crippen LogP contribution in [-0.2, 0) is 4.79 Å². The van der Waals surface area contributed by atoms with E-state index in [0.717, 1.165) is 0 Å². The van der Waals surface area contributed by atoms with E-state index < -0.39 is 5.97 Å². The summed E-state index contributed by atoms with van der Waals surface area (Å²) in [5.41, 5.74) is 3.68. The average Bonchev–Trinajstić information content (AvgIpc) is 2.65. The van der Waals surface area contributed by atoms with Crippen LogP contribution in [0.1, 0.15) is 6.92 Å². The minimum absolute atomic E-state index is 0.176. The molecule has 3 rings (SSSR count). The number of anilines is 3. The van der Waals surface area contributed by atoms with Gasteiger partial charge in [0.05, 0.1) is 0 Å². The van der Waals surface area contributed by atoms with Crippen LogP contribution in [0.3, 0.4) is 0 Å². The summed E-state index contributed by atoms with van der Waals surface area (Å²) in [4.78, 5) is 11.8. The van der Waals surface area contributed by atoms with Crippen LogP contribution >= 0.6 is 0 Å². The average molecular weight is 331 g/mol.